The zero-order valence-electron chi connectivity index (χ0n) is 21.1. The van der Waals surface area contributed by atoms with Crippen LogP contribution in [-0.4, -0.2) is 77.7 Å². The van der Waals surface area contributed by atoms with Crippen molar-refractivity contribution in [3.8, 4) is 0 Å². The zero-order chi connectivity index (χ0) is 25.4. The summed E-state index contributed by atoms with van der Waals surface area (Å²) in [7, 11) is 0. The van der Waals surface area contributed by atoms with Gasteiger partial charge in [0.25, 0.3) is 0 Å². The number of carbonyl (C=O) groups is 1. The minimum absolute atomic E-state index is 0.162. The quantitative estimate of drug-likeness (QED) is 0.360. The van der Waals surface area contributed by atoms with Gasteiger partial charge in [-0.25, -0.2) is 19.4 Å². The molecular weight excluding hydrogens is 478 g/mol. The zero-order valence-corrected chi connectivity index (χ0v) is 21.9. The molecule has 0 radical (unpaired) electrons. The summed E-state index contributed by atoms with van der Waals surface area (Å²) >= 11 is 1.58. The summed E-state index contributed by atoms with van der Waals surface area (Å²) in [6, 6.07) is 10.2. The summed E-state index contributed by atoms with van der Waals surface area (Å²) in [6.07, 6.45) is 0.751. The number of benzene rings is 1. The summed E-state index contributed by atoms with van der Waals surface area (Å²) < 4.78 is 7.13. The van der Waals surface area contributed by atoms with Gasteiger partial charge in [0, 0.05) is 24.3 Å². The van der Waals surface area contributed by atoms with E-state index in [1.54, 1.807) is 16.4 Å². The minimum Gasteiger partial charge on any atom is -0.444 e. The highest BCUT2D eigenvalue weighted by Crippen LogP contribution is 2.43. The molecule has 10 nitrogen and oxygen atoms in total. The number of ether oxygens (including phenoxy) is 1. The molecule has 2 aliphatic rings. The number of rotatable bonds is 7. The average molecular weight is 512 g/mol. The predicted molar refractivity (Wildman–Crippen MR) is 138 cm³/mol. The number of hydrogen-bond donors (Lipinski definition) is 2. The Morgan fingerprint density at radius 2 is 2.00 bits per heavy atom. The van der Waals surface area contributed by atoms with Crippen molar-refractivity contribution in [1.82, 2.24) is 29.9 Å². The van der Waals surface area contributed by atoms with E-state index in [9.17, 15) is 9.90 Å². The second-order valence-electron chi connectivity index (χ2n) is 10.4. The van der Waals surface area contributed by atoms with Gasteiger partial charge in [0.05, 0.1) is 12.6 Å². The first-order valence-electron chi connectivity index (χ1n) is 12.5. The van der Waals surface area contributed by atoms with E-state index >= 15 is 0 Å². The first kappa shape index (κ1) is 24.8. The largest absolute Gasteiger partial charge is 0.444 e. The molecule has 2 N–H and O–H groups in total. The lowest BCUT2D eigenvalue weighted by atomic mass is 10.1. The molecular formula is C25H33N7O3S. The van der Waals surface area contributed by atoms with Crippen molar-refractivity contribution in [3.63, 3.8) is 0 Å². The van der Waals surface area contributed by atoms with Crippen LogP contribution in [0.2, 0.25) is 0 Å². The summed E-state index contributed by atoms with van der Waals surface area (Å²) in [5, 5.41) is 23.8. The van der Waals surface area contributed by atoms with Gasteiger partial charge < -0.3 is 20.1 Å². The van der Waals surface area contributed by atoms with Crippen LogP contribution in [0.5, 0.6) is 0 Å². The number of anilines is 1. The molecule has 1 aliphatic heterocycles. The van der Waals surface area contributed by atoms with Gasteiger partial charge in [-0.15, -0.1) is 5.10 Å². The molecule has 5 rings (SSSR count). The van der Waals surface area contributed by atoms with E-state index in [-0.39, 0.29) is 19.1 Å². The third-order valence-corrected chi connectivity index (χ3v) is 7.36. The van der Waals surface area contributed by atoms with Gasteiger partial charge in [-0.2, -0.15) is 0 Å². The van der Waals surface area contributed by atoms with Crippen LogP contribution >= 0.6 is 11.8 Å². The highest BCUT2D eigenvalue weighted by Gasteiger charge is 2.41. The number of carbonyl (C=O) groups excluding carboxylic acids is 1. The molecule has 0 spiro atoms. The van der Waals surface area contributed by atoms with Gasteiger partial charge in [-0.3, -0.25) is 0 Å². The SMILES string of the molecule is CCCSc1nc(N[C@@H]2C[C@H]2c2ccccc2)c2nnn([C@H]3CN(C(=O)OC(C)(C)C)C[C@@H]3O)c2n1. The Balaban J connectivity index is 1.41. The number of fused-ring (bicyclic) bond motifs is 1. The predicted octanol–water partition coefficient (Wildman–Crippen LogP) is 3.84. The van der Waals surface area contributed by atoms with Crippen LogP contribution < -0.4 is 5.32 Å². The number of β-amino-alcohol motifs (C(OH)–C–C–N with tert-alkyl or cyclic N) is 1. The molecule has 2 aromatic heterocycles. The summed E-state index contributed by atoms with van der Waals surface area (Å²) in [6.45, 7) is 8.01. The maximum atomic E-state index is 12.6. The molecule has 1 aromatic carbocycles. The Labute approximate surface area is 214 Å². The van der Waals surface area contributed by atoms with E-state index in [1.807, 2.05) is 26.8 Å². The number of nitrogens with one attached hydrogen (secondary N) is 1. The molecule has 2 fully saturated rings. The number of aromatic nitrogens is 5. The van der Waals surface area contributed by atoms with Gasteiger partial charge in [0.15, 0.2) is 22.1 Å². The van der Waals surface area contributed by atoms with Crippen LogP contribution in [0.25, 0.3) is 11.2 Å². The lowest BCUT2D eigenvalue weighted by Crippen LogP contribution is -2.36. The Morgan fingerprint density at radius 1 is 1.22 bits per heavy atom. The number of likely N-dealkylation sites (tertiary alicyclic amines) is 1. The number of aliphatic hydroxyl groups excluding tert-OH is 1. The van der Waals surface area contributed by atoms with Crippen LogP contribution in [0.3, 0.4) is 0 Å². The fourth-order valence-corrected chi connectivity index (χ4v) is 5.17. The van der Waals surface area contributed by atoms with Gasteiger partial charge in [0.1, 0.15) is 11.6 Å². The molecule has 1 aliphatic carbocycles. The molecule has 1 amide bonds. The van der Waals surface area contributed by atoms with Gasteiger partial charge >= 0.3 is 6.09 Å². The van der Waals surface area contributed by atoms with E-state index in [2.05, 4.69) is 46.8 Å². The number of nitrogens with zero attached hydrogens (tertiary/aromatic N) is 6. The summed E-state index contributed by atoms with van der Waals surface area (Å²) in [5.74, 6) is 1.97. The van der Waals surface area contributed by atoms with E-state index < -0.39 is 23.8 Å². The molecule has 0 unspecified atom stereocenters. The van der Waals surface area contributed by atoms with Crippen LogP contribution in [0.15, 0.2) is 35.5 Å². The number of hydrogen-bond acceptors (Lipinski definition) is 9. The van der Waals surface area contributed by atoms with Crippen molar-refractivity contribution in [3.05, 3.63) is 35.9 Å². The van der Waals surface area contributed by atoms with Crippen LogP contribution in [0.1, 0.15) is 58.1 Å². The minimum atomic E-state index is -0.813. The Morgan fingerprint density at radius 3 is 2.72 bits per heavy atom. The Hall–Kier alpha value is -2.92. The van der Waals surface area contributed by atoms with Crippen molar-refractivity contribution < 1.29 is 14.6 Å². The van der Waals surface area contributed by atoms with Crippen LogP contribution in [-0.2, 0) is 4.74 Å². The molecule has 11 heteroatoms. The third-order valence-electron chi connectivity index (χ3n) is 6.30. The lowest BCUT2D eigenvalue weighted by molar-refractivity contribution is 0.0269. The monoisotopic (exact) mass is 511 g/mol. The van der Waals surface area contributed by atoms with Gasteiger partial charge in [0.2, 0.25) is 0 Å². The van der Waals surface area contributed by atoms with Crippen molar-refractivity contribution in [2.75, 3.05) is 24.2 Å². The normalized spacial score (nSPS) is 23.8. The maximum absolute atomic E-state index is 12.6. The van der Waals surface area contributed by atoms with Crippen LogP contribution in [0, 0.1) is 0 Å². The van der Waals surface area contributed by atoms with E-state index in [0.29, 0.717) is 28.1 Å². The average Bonchev–Trinajstić information content (AvgIpc) is 3.29. The first-order valence-corrected chi connectivity index (χ1v) is 13.4. The molecule has 3 aromatic rings. The van der Waals surface area contributed by atoms with E-state index in [1.165, 1.54) is 10.5 Å². The Kier molecular flexibility index (Phi) is 6.78. The second kappa shape index (κ2) is 9.85. The first-order chi connectivity index (χ1) is 17.2. The fraction of sp³-hybridized carbons (Fsp3) is 0.560. The van der Waals surface area contributed by atoms with Crippen molar-refractivity contribution in [1.29, 1.82) is 0 Å². The lowest BCUT2D eigenvalue weighted by Gasteiger charge is -2.24. The van der Waals surface area contributed by atoms with Gasteiger partial charge in [-0.05, 0) is 39.2 Å². The highest BCUT2D eigenvalue weighted by atomic mass is 32.2. The molecule has 1 saturated carbocycles. The summed E-state index contributed by atoms with van der Waals surface area (Å²) in [4.78, 5) is 23.6. The number of amides is 1. The molecule has 4 atom stereocenters. The number of thioether (sulfide) groups is 1. The number of aliphatic hydroxyl groups is 1. The molecule has 192 valence electrons. The van der Waals surface area contributed by atoms with Crippen LogP contribution in [0.4, 0.5) is 10.6 Å². The van der Waals surface area contributed by atoms with Crippen molar-refractivity contribution in [2.45, 2.75) is 75.4 Å². The fourth-order valence-electron chi connectivity index (χ4n) is 4.48. The maximum Gasteiger partial charge on any atom is 0.410 e. The van der Waals surface area contributed by atoms with E-state index in [0.717, 1.165) is 18.6 Å². The van der Waals surface area contributed by atoms with Crippen molar-refractivity contribution in [2.24, 2.45) is 0 Å². The molecule has 3 heterocycles. The van der Waals surface area contributed by atoms with Gasteiger partial charge in [-0.1, -0.05) is 54.2 Å². The van der Waals surface area contributed by atoms with Crippen molar-refractivity contribution >= 4 is 34.8 Å². The highest BCUT2D eigenvalue weighted by molar-refractivity contribution is 7.99. The standard InChI is InChI=1S/C25H33N7O3S/c1-5-11-36-23-27-21(26-17-12-16(17)15-9-7-6-8-10-15)20-22(28-23)32(30-29-20)18-13-31(14-19(18)33)24(34)35-25(2,3)4/h6-10,16-19,33H,5,11-14H2,1-4H3,(H,26,27,28)/t16-,17+,18-,19-/m0/s1. The Bertz CT molecular complexity index is 1230. The van der Waals surface area contributed by atoms with E-state index in [4.69, 9.17) is 14.7 Å². The third kappa shape index (κ3) is 5.27. The summed E-state index contributed by atoms with van der Waals surface area (Å²) in [5.41, 5.74) is 1.82. The second-order valence-corrected chi connectivity index (χ2v) is 11.5. The molecule has 1 saturated heterocycles. The molecule has 0 bridgehead atoms. The topological polar surface area (TPSA) is 118 Å². The smallest absolute Gasteiger partial charge is 0.410 e. The molecule has 36 heavy (non-hydrogen) atoms.